The van der Waals surface area contributed by atoms with E-state index in [1.807, 2.05) is 59.5 Å². The number of ether oxygens (including phenoxy) is 2. The number of hydrogen-bond donors (Lipinski definition) is 1. The standard InChI is InChI=1S/C31H39N5O4/c1-5-34(6-2)17-16-30(37)32-24-11-13-25(14-12-24)35-18-20-36(21-19-35)31(38)27-9-7-8-26(33-27)23-10-15-28(39-3)29(22-23)40-4/h7-15,22H,5-6,16-21H2,1-4H3,(H,32,37). The summed E-state index contributed by atoms with van der Waals surface area (Å²) in [5, 5.41) is 2.99. The van der Waals surface area contributed by atoms with Gasteiger partial charge in [-0.3, -0.25) is 9.59 Å². The molecule has 3 aromatic rings. The monoisotopic (exact) mass is 545 g/mol. The van der Waals surface area contributed by atoms with Crippen LogP contribution in [0, 0.1) is 0 Å². The summed E-state index contributed by atoms with van der Waals surface area (Å²) in [6.45, 7) is 9.50. The van der Waals surface area contributed by atoms with Crippen molar-refractivity contribution in [3.05, 3.63) is 66.4 Å². The fourth-order valence-electron chi connectivity index (χ4n) is 4.82. The number of amides is 2. The minimum atomic E-state index is -0.0789. The number of methoxy groups -OCH3 is 2. The molecule has 2 heterocycles. The molecule has 1 fully saturated rings. The largest absolute Gasteiger partial charge is 0.493 e. The summed E-state index contributed by atoms with van der Waals surface area (Å²) in [6.07, 6.45) is 0.478. The third kappa shape index (κ3) is 7.09. The van der Waals surface area contributed by atoms with Gasteiger partial charge in [0.25, 0.3) is 5.91 Å². The molecule has 4 rings (SSSR count). The van der Waals surface area contributed by atoms with Crippen molar-refractivity contribution >= 4 is 23.2 Å². The molecule has 1 saturated heterocycles. The Kier molecular flexibility index (Phi) is 9.96. The van der Waals surface area contributed by atoms with E-state index in [0.29, 0.717) is 42.4 Å². The molecule has 2 amide bonds. The van der Waals surface area contributed by atoms with E-state index in [-0.39, 0.29) is 11.8 Å². The number of carbonyl (C=O) groups is 2. The normalized spacial score (nSPS) is 13.3. The molecule has 0 bridgehead atoms. The minimum absolute atomic E-state index is 0.0237. The Balaban J connectivity index is 1.32. The Bertz CT molecular complexity index is 1290. The zero-order valence-corrected chi connectivity index (χ0v) is 23.9. The van der Waals surface area contributed by atoms with E-state index in [1.165, 1.54) is 0 Å². The quantitative estimate of drug-likeness (QED) is 0.382. The minimum Gasteiger partial charge on any atom is -0.493 e. The first-order valence-corrected chi connectivity index (χ1v) is 13.8. The van der Waals surface area contributed by atoms with Gasteiger partial charge in [0, 0.05) is 56.1 Å². The number of aromatic nitrogens is 1. The molecule has 0 atom stereocenters. The van der Waals surface area contributed by atoms with Gasteiger partial charge in [0.15, 0.2) is 11.5 Å². The lowest BCUT2D eigenvalue weighted by molar-refractivity contribution is -0.116. The Hall–Kier alpha value is -4.11. The van der Waals surface area contributed by atoms with E-state index in [2.05, 4.69) is 33.9 Å². The van der Waals surface area contributed by atoms with Crippen LogP contribution < -0.4 is 19.7 Å². The zero-order chi connectivity index (χ0) is 28.5. The molecule has 40 heavy (non-hydrogen) atoms. The molecule has 2 aromatic carbocycles. The van der Waals surface area contributed by atoms with E-state index < -0.39 is 0 Å². The van der Waals surface area contributed by atoms with Gasteiger partial charge in [-0.25, -0.2) is 4.98 Å². The van der Waals surface area contributed by atoms with Gasteiger partial charge in [0.2, 0.25) is 5.91 Å². The predicted octanol–water partition coefficient (Wildman–Crippen LogP) is 4.40. The number of rotatable bonds is 11. The summed E-state index contributed by atoms with van der Waals surface area (Å²) in [6, 6.07) is 19.0. The van der Waals surface area contributed by atoms with Crippen LogP contribution in [-0.2, 0) is 4.79 Å². The molecular weight excluding hydrogens is 506 g/mol. The Morgan fingerprint density at radius 3 is 2.25 bits per heavy atom. The molecule has 1 aromatic heterocycles. The van der Waals surface area contributed by atoms with Gasteiger partial charge in [-0.1, -0.05) is 19.9 Å². The second-order valence-electron chi connectivity index (χ2n) is 9.63. The van der Waals surface area contributed by atoms with Gasteiger partial charge in [0.05, 0.1) is 19.9 Å². The molecule has 0 radical (unpaired) electrons. The van der Waals surface area contributed by atoms with Crippen LogP contribution in [0.25, 0.3) is 11.3 Å². The number of nitrogens with one attached hydrogen (secondary N) is 1. The number of carbonyl (C=O) groups excluding carboxylic acids is 2. The maximum Gasteiger partial charge on any atom is 0.272 e. The lowest BCUT2D eigenvalue weighted by Gasteiger charge is -2.36. The molecule has 9 nitrogen and oxygen atoms in total. The first kappa shape index (κ1) is 28.9. The van der Waals surface area contributed by atoms with Crippen LogP contribution in [0.2, 0.25) is 0 Å². The van der Waals surface area contributed by atoms with Crippen molar-refractivity contribution in [1.29, 1.82) is 0 Å². The van der Waals surface area contributed by atoms with Crippen LogP contribution in [0.1, 0.15) is 30.8 Å². The number of nitrogens with zero attached hydrogens (tertiary/aromatic N) is 4. The van der Waals surface area contributed by atoms with Gasteiger partial charge in [0.1, 0.15) is 5.69 Å². The molecular formula is C31H39N5O4. The van der Waals surface area contributed by atoms with Gasteiger partial charge in [-0.05, 0) is 67.7 Å². The van der Waals surface area contributed by atoms with Gasteiger partial charge in [-0.2, -0.15) is 0 Å². The van der Waals surface area contributed by atoms with Crippen molar-refractivity contribution in [2.24, 2.45) is 0 Å². The summed E-state index contributed by atoms with van der Waals surface area (Å²) in [7, 11) is 3.19. The van der Waals surface area contributed by atoms with Gasteiger partial charge < -0.3 is 29.5 Å². The molecule has 212 valence electrons. The van der Waals surface area contributed by atoms with Crippen molar-refractivity contribution in [3.8, 4) is 22.8 Å². The van der Waals surface area contributed by atoms with Crippen LogP contribution in [0.5, 0.6) is 11.5 Å². The van der Waals surface area contributed by atoms with Crippen LogP contribution in [-0.4, -0.2) is 86.6 Å². The fourth-order valence-corrected chi connectivity index (χ4v) is 4.82. The highest BCUT2D eigenvalue weighted by molar-refractivity contribution is 5.93. The van der Waals surface area contributed by atoms with E-state index in [4.69, 9.17) is 9.47 Å². The van der Waals surface area contributed by atoms with Crippen LogP contribution in [0.4, 0.5) is 11.4 Å². The molecule has 0 saturated carbocycles. The topological polar surface area (TPSA) is 87.2 Å². The smallest absolute Gasteiger partial charge is 0.272 e. The summed E-state index contributed by atoms with van der Waals surface area (Å²) in [5.74, 6) is 1.20. The number of hydrogen-bond acceptors (Lipinski definition) is 7. The van der Waals surface area contributed by atoms with Gasteiger partial charge >= 0.3 is 0 Å². The van der Waals surface area contributed by atoms with E-state index in [1.54, 1.807) is 20.3 Å². The van der Waals surface area contributed by atoms with Crippen LogP contribution in [0.15, 0.2) is 60.7 Å². The second kappa shape index (κ2) is 13.8. The van der Waals surface area contributed by atoms with Crippen molar-refractivity contribution in [3.63, 3.8) is 0 Å². The fraction of sp³-hybridized carbons (Fsp3) is 0.387. The molecule has 0 spiro atoms. The first-order chi connectivity index (χ1) is 19.4. The molecule has 1 aliphatic heterocycles. The maximum absolute atomic E-state index is 13.3. The molecule has 1 aliphatic rings. The molecule has 1 N–H and O–H groups in total. The Morgan fingerprint density at radius 2 is 1.60 bits per heavy atom. The highest BCUT2D eigenvalue weighted by Gasteiger charge is 2.23. The second-order valence-corrected chi connectivity index (χ2v) is 9.63. The summed E-state index contributed by atoms with van der Waals surface area (Å²) in [5.41, 5.74) is 3.83. The highest BCUT2D eigenvalue weighted by Crippen LogP contribution is 2.31. The van der Waals surface area contributed by atoms with Gasteiger partial charge in [-0.15, -0.1) is 0 Å². The first-order valence-electron chi connectivity index (χ1n) is 13.8. The summed E-state index contributed by atoms with van der Waals surface area (Å²) >= 11 is 0. The van der Waals surface area contributed by atoms with E-state index in [0.717, 1.165) is 49.7 Å². The van der Waals surface area contributed by atoms with Crippen LogP contribution >= 0.6 is 0 Å². The molecule has 9 heteroatoms. The van der Waals surface area contributed by atoms with Crippen molar-refractivity contribution in [1.82, 2.24) is 14.8 Å². The number of anilines is 2. The molecule has 0 unspecified atom stereocenters. The maximum atomic E-state index is 13.3. The summed E-state index contributed by atoms with van der Waals surface area (Å²) < 4.78 is 10.7. The van der Waals surface area contributed by atoms with Crippen molar-refractivity contribution in [2.45, 2.75) is 20.3 Å². The molecule has 0 aliphatic carbocycles. The average Bonchev–Trinajstić information content (AvgIpc) is 3.01. The number of benzene rings is 2. The van der Waals surface area contributed by atoms with E-state index in [9.17, 15) is 9.59 Å². The van der Waals surface area contributed by atoms with E-state index >= 15 is 0 Å². The lowest BCUT2D eigenvalue weighted by Crippen LogP contribution is -2.49. The predicted molar refractivity (Wildman–Crippen MR) is 158 cm³/mol. The SMILES string of the molecule is CCN(CC)CCC(=O)Nc1ccc(N2CCN(C(=O)c3cccc(-c4ccc(OC)c(OC)c4)n3)CC2)cc1. The zero-order valence-electron chi connectivity index (χ0n) is 23.9. The Labute approximate surface area is 236 Å². The summed E-state index contributed by atoms with van der Waals surface area (Å²) in [4.78, 5) is 36.6. The van der Waals surface area contributed by atoms with Crippen molar-refractivity contribution in [2.75, 3.05) is 70.2 Å². The third-order valence-corrected chi connectivity index (χ3v) is 7.28. The number of piperazine rings is 1. The lowest BCUT2D eigenvalue weighted by atomic mass is 10.1. The third-order valence-electron chi connectivity index (χ3n) is 7.28. The van der Waals surface area contributed by atoms with Crippen LogP contribution in [0.3, 0.4) is 0 Å². The number of pyridine rings is 1. The average molecular weight is 546 g/mol. The highest BCUT2D eigenvalue weighted by atomic mass is 16.5. The Morgan fingerprint density at radius 1 is 0.900 bits per heavy atom. The van der Waals surface area contributed by atoms with Crippen molar-refractivity contribution < 1.29 is 19.1 Å².